The highest BCUT2D eigenvalue weighted by atomic mass is 79.9. The van der Waals surface area contributed by atoms with Gasteiger partial charge in [-0.3, -0.25) is 4.79 Å². The summed E-state index contributed by atoms with van der Waals surface area (Å²) in [4.78, 5) is 13.3. The lowest BCUT2D eigenvalue weighted by molar-refractivity contribution is -0.142. The van der Waals surface area contributed by atoms with Gasteiger partial charge in [-0.25, -0.2) is 0 Å². The van der Waals surface area contributed by atoms with Crippen LogP contribution in [0, 0.1) is 6.92 Å². The summed E-state index contributed by atoms with van der Waals surface area (Å²) in [5, 5.41) is 0. The van der Waals surface area contributed by atoms with Crippen molar-refractivity contribution in [1.29, 1.82) is 0 Å². The SMILES string of the molecule is COC(=O)C(N)Cc1cc(Br)c(C)s1. The number of rotatable bonds is 3. The molecule has 1 aromatic heterocycles. The monoisotopic (exact) mass is 277 g/mol. The first kappa shape index (κ1) is 11.7. The van der Waals surface area contributed by atoms with E-state index in [0.29, 0.717) is 6.42 Å². The largest absolute Gasteiger partial charge is 0.468 e. The summed E-state index contributed by atoms with van der Waals surface area (Å²) in [5.41, 5.74) is 5.64. The highest BCUT2D eigenvalue weighted by Crippen LogP contribution is 2.26. The van der Waals surface area contributed by atoms with Gasteiger partial charge >= 0.3 is 5.97 Å². The second-order valence-corrected chi connectivity index (χ2v) is 5.15. The van der Waals surface area contributed by atoms with Crippen LogP contribution in [-0.2, 0) is 16.0 Å². The molecule has 1 unspecified atom stereocenters. The maximum Gasteiger partial charge on any atom is 0.323 e. The van der Waals surface area contributed by atoms with E-state index >= 15 is 0 Å². The minimum absolute atomic E-state index is 0.368. The van der Waals surface area contributed by atoms with Crippen LogP contribution in [0.2, 0.25) is 0 Å². The van der Waals surface area contributed by atoms with Gasteiger partial charge < -0.3 is 10.5 Å². The van der Waals surface area contributed by atoms with Crippen molar-refractivity contribution in [1.82, 2.24) is 0 Å². The normalized spacial score (nSPS) is 12.6. The van der Waals surface area contributed by atoms with Gasteiger partial charge in [0.25, 0.3) is 0 Å². The Balaban J connectivity index is 2.64. The number of methoxy groups -OCH3 is 1. The molecule has 0 saturated carbocycles. The number of thiophene rings is 1. The molecule has 1 rings (SSSR count). The fourth-order valence-electron chi connectivity index (χ4n) is 1.07. The van der Waals surface area contributed by atoms with Crippen molar-refractivity contribution in [3.63, 3.8) is 0 Å². The van der Waals surface area contributed by atoms with Gasteiger partial charge in [-0.1, -0.05) is 0 Å². The van der Waals surface area contributed by atoms with Gasteiger partial charge in [0.15, 0.2) is 0 Å². The maximum absolute atomic E-state index is 11.1. The Hall–Kier alpha value is -0.390. The van der Waals surface area contributed by atoms with Crippen LogP contribution in [0.4, 0.5) is 0 Å². The highest BCUT2D eigenvalue weighted by Gasteiger charge is 2.15. The number of carbonyl (C=O) groups excluding carboxylic acids is 1. The number of aryl methyl sites for hydroxylation is 1. The molecule has 0 radical (unpaired) electrons. The van der Waals surface area contributed by atoms with Crippen molar-refractivity contribution in [2.75, 3.05) is 7.11 Å². The molecule has 0 saturated heterocycles. The van der Waals surface area contributed by atoms with Crippen molar-refractivity contribution >= 4 is 33.2 Å². The third-order valence-corrected chi connectivity index (χ3v) is 3.99. The Morgan fingerprint density at radius 2 is 2.43 bits per heavy atom. The van der Waals surface area contributed by atoms with E-state index in [9.17, 15) is 4.79 Å². The number of carbonyl (C=O) groups is 1. The summed E-state index contributed by atoms with van der Waals surface area (Å²) in [7, 11) is 1.35. The Labute approximate surface area is 95.4 Å². The van der Waals surface area contributed by atoms with Crippen LogP contribution in [0.3, 0.4) is 0 Å². The molecule has 14 heavy (non-hydrogen) atoms. The summed E-state index contributed by atoms with van der Waals surface area (Å²) in [5.74, 6) is -0.368. The zero-order chi connectivity index (χ0) is 10.7. The average molecular weight is 278 g/mol. The zero-order valence-corrected chi connectivity index (χ0v) is 10.4. The predicted octanol–water partition coefficient (Wildman–Crippen LogP) is 1.86. The summed E-state index contributed by atoms with van der Waals surface area (Å²) >= 11 is 5.05. The van der Waals surface area contributed by atoms with E-state index < -0.39 is 6.04 Å². The van der Waals surface area contributed by atoms with Crippen LogP contribution in [0.1, 0.15) is 9.75 Å². The lowest BCUT2D eigenvalue weighted by atomic mass is 10.2. The first-order valence-corrected chi connectivity index (χ1v) is 5.73. The average Bonchev–Trinajstić information content (AvgIpc) is 2.44. The topological polar surface area (TPSA) is 52.3 Å². The molecule has 3 nitrogen and oxygen atoms in total. The van der Waals surface area contributed by atoms with Gasteiger partial charge in [0.05, 0.1) is 7.11 Å². The molecule has 0 bridgehead atoms. The van der Waals surface area contributed by atoms with E-state index in [1.165, 1.54) is 12.0 Å². The van der Waals surface area contributed by atoms with E-state index in [2.05, 4.69) is 20.7 Å². The van der Waals surface area contributed by atoms with Crippen LogP contribution in [-0.4, -0.2) is 19.1 Å². The summed E-state index contributed by atoms with van der Waals surface area (Å²) < 4.78 is 5.61. The van der Waals surface area contributed by atoms with Crippen molar-refractivity contribution in [2.45, 2.75) is 19.4 Å². The van der Waals surface area contributed by atoms with Crippen molar-refractivity contribution in [2.24, 2.45) is 5.73 Å². The fraction of sp³-hybridized carbons (Fsp3) is 0.444. The first-order chi connectivity index (χ1) is 6.54. The zero-order valence-electron chi connectivity index (χ0n) is 8.04. The number of hydrogen-bond acceptors (Lipinski definition) is 4. The summed E-state index contributed by atoms with van der Waals surface area (Å²) in [6, 6.07) is 1.42. The molecule has 1 aromatic rings. The summed E-state index contributed by atoms with van der Waals surface area (Å²) in [6.07, 6.45) is 0.532. The molecule has 5 heteroatoms. The molecule has 0 fully saturated rings. The van der Waals surface area contributed by atoms with E-state index in [1.807, 2.05) is 13.0 Å². The van der Waals surface area contributed by atoms with Crippen LogP contribution in [0.5, 0.6) is 0 Å². The number of esters is 1. The number of nitrogens with two attached hydrogens (primary N) is 1. The molecule has 0 aliphatic heterocycles. The van der Waals surface area contributed by atoms with E-state index in [1.54, 1.807) is 11.3 Å². The van der Waals surface area contributed by atoms with Crippen molar-refractivity contribution in [3.05, 3.63) is 20.3 Å². The third kappa shape index (κ3) is 2.80. The van der Waals surface area contributed by atoms with Gasteiger partial charge in [0.2, 0.25) is 0 Å². The molecule has 0 aliphatic carbocycles. The number of halogens is 1. The molecular weight excluding hydrogens is 266 g/mol. The molecular formula is C9H12BrNO2S. The lowest BCUT2D eigenvalue weighted by Crippen LogP contribution is -2.33. The molecule has 78 valence electrons. The second-order valence-electron chi connectivity index (χ2n) is 2.95. The van der Waals surface area contributed by atoms with E-state index in [0.717, 1.165) is 9.35 Å². The quantitative estimate of drug-likeness (QED) is 0.859. The van der Waals surface area contributed by atoms with Crippen molar-refractivity contribution < 1.29 is 9.53 Å². The Bertz CT molecular complexity index is 318. The smallest absolute Gasteiger partial charge is 0.323 e. The molecule has 0 aliphatic rings. The minimum atomic E-state index is -0.565. The molecule has 0 spiro atoms. The number of hydrogen-bond donors (Lipinski definition) is 1. The lowest BCUT2D eigenvalue weighted by Gasteiger charge is -2.06. The van der Waals surface area contributed by atoms with Crippen LogP contribution in [0.25, 0.3) is 0 Å². The third-order valence-electron chi connectivity index (χ3n) is 1.83. The van der Waals surface area contributed by atoms with Gasteiger partial charge in [0, 0.05) is 20.6 Å². The maximum atomic E-state index is 11.1. The highest BCUT2D eigenvalue weighted by molar-refractivity contribution is 9.10. The molecule has 2 N–H and O–H groups in total. The summed E-state index contributed by atoms with van der Waals surface area (Å²) in [6.45, 7) is 2.02. The molecule has 0 aromatic carbocycles. The van der Waals surface area contributed by atoms with Crippen LogP contribution in [0.15, 0.2) is 10.5 Å². The Morgan fingerprint density at radius 3 is 2.86 bits per heavy atom. The fourth-order valence-corrected chi connectivity index (χ4v) is 2.73. The molecule has 1 heterocycles. The number of ether oxygens (including phenoxy) is 1. The minimum Gasteiger partial charge on any atom is -0.468 e. The van der Waals surface area contributed by atoms with Gasteiger partial charge in [-0.05, 0) is 28.9 Å². The van der Waals surface area contributed by atoms with E-state index in [4.69, 9.17) is 5.73 Å². The van der Waals surface area contributed by atoms with Gasteiger partial charge in [-0.15, -0.1) is 11.3 Å². The van der Waals surface area contributed by atoms with Crippen LogP contribution < -0.4 is 5.73 Å². The molecule has 1 atom stereocenters. The predicted molar refractivity (Wildman–Crippen MR) is 60.5 cm³/mol. The Kier molecular flexibility index (Phi) is 4.10. The van der Waals surface area contributed by atoms with Gasteiger partial charge in [0.1, 0.15) is 6.04 Å². The first-order valence-electron chi connectivity index (χ1n) is 4.12. The van der Waals surface area contributed by atoms with Crippen molar-refractivity contribution in [3.8, 4) is 0 Å². The standard InChI is InChI=1S/C9H12BrNO2S/c1-5-7(10)3-6(14-5)4-8(11)9(12)13-2/h3,8H,4,11H2,1-2H3. The second kappa shape index (κ2) is 4.91. The van der Waals surface area contributed by atoms with Gasteiger partial charge in [-0.2, -0.15) is 0 Å². The van der Waals surface area contributed by atoms with Crippen LogP contribution >= 0.6 is 27.3 Å². The Morgan fingerprint density at radius 1 is 1.79 bits per heavy atom. The molecule has 0 amide bonds. The van der Waals surface area contributed by atoms with E-state index in [-0.39, 0.29) is 5.97 Å².